The van der Waals surface area contributed by atoms with Gasteiger partial charge in [-0.25, -0.2) is 0 Å². The summed E-state index contributed by atoms with van der Waals surface area (Å²) in [5.74, 6) is 3.07. The Hall–Kier alpha value is -2.73. The molecule has 0 spiro atoms. The summed E-state index contributed by atoms with van der Waals surface area (Å²) in [5.41, 5.74) is 2.36. The standard InChI is InChI=1S/C22H26N2O4/c1-26-19-5-2-16(3-6-19)13-23-22(25)14-24-10-8-17(9-11-24)18-4-7-20-21(12-18)28-15-27-20/h2-7,12,17H,8-11,13-15H2,1H3,(H,23,25). The van der Waals surface area contributed by atoms with Crippen LogP contribution in [0.1, 0.15) is 29.9 Å². The first-order valence-electron chi connectivity index (χ1n) is 9.73. The molecule has 0 bridgehead atoms. The molecule has 0 radical (unpaired) electrons. The van der Waals surface area contributed by atoms with E-state index in [0.717, 1.165) is 48.7 Å². The highest BCUT2D eigenvalue weighted by Crippen LogP contribution is 2.37. The van der Waals surface area contributed by atoms with Crippen molar-refractivity contribution in [2.75, 3.05) is 33.5 Å². The SMILES string of the molecule is COc1ccc(CNC(=O)CN2CCC(c3ccc4c(c3)OCO4)CC2)cc1. The molecule has 148 valence electrons. The molecular weight excluding hydrogens is 356 g/mol. The Labute approximate surface area is 165 Å². The fourth-order valence-corrected chi connectivity index (χ4v) is 3.79. The van der Waals surface area contributed by atoms with E-state index in [2.05, 4.69) is 22.3 Å². The number of ether oxygens (including phenoxy) is 3. The summed E-state index contributed by atoms with van der Waals surface area (Å²) >= 11 is 0. The lowest BCUT2D eigenvalue weighted by Crippen LogP contribution is -2.41. The molecule has 1 amide bonds. The van der Waals surface area contributed by atoms with E-state index in [4.69, 9.17) is 14.2 Å². The van der Waals surface area contributed by atoms with Gasteiger partial charge in [0.05, 0.1) is 13.7 Å². The summed E-state index contributed by atoms with van der Waals surface area (Å²) in [6.07, 6.45) is 2.09. The van der Waals surface area contributed by atoms with Crippen LogP contribution in [0.2, 0.25) is 0 Å². The lowest BCUT2D eigenvalue weighted by molar-refractivity contribution is -0.122. The Morgan fingerprint density at radius 2 is 1.86 bits per heavy atom. The van der Waals surface area contributed by atoms with Gasteiger partial charge in [0.25, 0.3) is 0 Å². The third-order valence-corrected chi connectivity index (χ3v) is 5.47. The maximum atomic E-state index is 12.3. The molecule has 28 heavy (non-hydrogen) atoms. The van der Waals surface area contributed by atoms with Crippen molar-refractivity contribution < 1.29 is 19.0 Å². The highest BCUT2D eigenvalue weighted by Gasteiger charge is 2.24. The number of amides is 1. The van der Waals surface area contributed by atoms with E-state index < -0.39 is 0 Å². The zero-order chi connectivity index (χ0) is 19.3. The molecule has 0 saturated carbocycles. The predicted molar refractivity (Wildman–Crippen MR) is 106 cm³/mol. The van der Waals surface area contributed by atoms with Crippen molar-refractivity contribution in [2.45, 2.75) is 25.3 Å². The van der Waals surface area contributed by atoms with Crippen LogP contribution >= 0.6 is 0 Å². The molecule has 2 aromatic carbocycles. The molecule has 0 atom stereocenters. The average molecular weight is 382 g/mol. The van der Waals surface area contributed by atoms with Crippen LogP contribution in [-0.2, 0) is 11.3 Å². The number of methoxy groups -OCH3 is 1. The van der Waals surface area contributed by atoms with Gasteiger partial charge in [-0.1, -0.05) is 18.2 Å². The first-order valence-corrected chi connectivity index (χ1v) is 9.73. The monoisotopic (exact) mass is 382 g/mol. The second-order valence-electron chi connectivity index (χ2n) is 7.29. The number of likely N-dealkylation sites (tertiary alicyclic amines) is 1. The molecule has 6 heteroatoms. The number of fused-ring (bicyclic) bond motifs is 1. The van der Waals surface area contributed by atoms with Crippen LogP contribution in [0.4, 0.5) is 0 Å². The van der Waals surface area contributed by atoms with Crippen molar-refractivity contribution in [3.05, 3.63) is 53.6 Å². The number of nitrogens with zero attached hydrogens (tertiary/aromatic N) is 1. The smallest absolute Gasteiger partial charge is 0.234 e. The van der Waals surface area contributed by atoms with Gasteiger partial charge >= 0.3 is 0 Å². The van der Waals surface area contributed by atoms with Crippen molar-refractivity contribution in [2.24, 2.45) is 0 Å². The third kappa shape index (κ3) is 4.39. The molecule has 2 aromatic rings. The van der Waals surface area contributed by atoms with Crippen LogP contribution in [0.25, 0.3) is 0 Å². The molecule has 0 aliphatic carbocycles. The van der Waals surface area contributed by atoms with Gasteiger partial charge in [-0.15, -0.1) is 0 Å². The van der Waals surface area contributed by atoms with Gasteiger partial charge in [-0.05, 0) is 67.2 Å². The zero-order valence-electron chi connectivity index (χ0n) is 16.1. The van der Waals surface area contributed by atoms with Crippen LogP contribution in [0.15, 0.2) is 42.5 Å². The van der Waals surface area contributed by atoms with Gasteiger partial charge < -0.3 is 19.5 Å². The van der Waals surface area contributed by atoms with E-state index in [1.54, 1.807) is 7.11 Å². The number of benzene rings is 2. The Balaban J connectivity index is 1.22. The molecule has 2 aliphatic heterocycles. The number of piperidine rings is 1. The van der Waals surface area contributed by atoms with E-state index >= 15 is 0 Å². The van der Waals surface area contributed by atoms with E-state index in [-0.39, 0.29) is 5.91 Å². The minimum atomic E-state index is 0.0670. The molecular formula is C22H26N2O4. The zero-order valence-corrected chi connectivity index (χ0v) is 16.1. The highest BCUT2D eigenvalue weighted by atomic mass is 16.7. The van der Waals surface area contributed by atoms with Gasteiger partial charge in [0.2, 0.25) is 12.7 Å². The fraction of sp³-hybridized carbons (Fsp3) is 0.409. The maximum absolute atomic E-state index is 12.3. The van der Waals surface area contributed by atoms with Crippen molar-refractivity contribution in [1.29, 1.82) is 0 Å². The van der Waals surface area contributed by atoms with Gasteiger partial charge in [0.15, 0.2) is 11.5 Å². The first-order chi connectivity index (χ1) is 13.7. The minimum absolute atomic E-state index is 0.0670. The summed E-state index contributed by atoms with van der Waals surface area (Å²) in [5, 5.41) is 3.00. The molecule has 2 heterocycles. The van der Waals surface area contributed by atoms with E-state index in [1.165, 1.54) is 5.56 Å². The molecule has 0 unspecified atom stereocenters. The summed E-state index contributed by atoms with van der Waals surface area (Å²) in [6, 6.07) is 14.0. The Morgan fingerprint density at radius 3 is 2.61 bits per heavy atom. The highest BCUT2D eigenvalue weighted by molar-refractivity contribution is 5.78. The number of rotatable bonds is 6. The number of nitrogens with one attached hydrogen (secondary N) is 1. The van der Waals surface area contributed by atoms with Crippen LogP contribution in [0, 0.1) is 0 Å². The van der Waals surface area contributed by atoms with Crippen LogP contribution < -0.4 is 19.5 Å². The molecule has 4 rings (SSSR count). The topological polar surface area (TPSA) is 60.0 Å². The lowest BCUT2D eigenvalue weighted by atomic mass is 9.89. The van der Waals surface area contributed by atoms with Gasteiger partial charge in [0, 0.05) is 6.54 Å². The van der Waals surface area contributed by atoms with Crippen LogP contribution in [0.5, 0.6) is 17.2 Å². The van der Waals surface area contributed by atoms with Crippen molar-refractivity contribution >= 4 is 5.91 Å². The molecule has 1 saturated heterocycles. The normalized spacial score (nSPS) is 16.8. The Kier molecular flexibility index (Phi) is 5.67. The summed E-state index contributed by atoms with van der Waals surface area (Å²) in [6.45, 7) is 3.15. The van der Waals surface area contributed by atoms with Gasteiger partial charge in [-0.3, -0.25) is 9.69 Å². The third-order valence-electron chi connectivity index (χ3n) is 5.47. The van der Waals surface area contributed by atoms with Gasteiger partial charge in [-0.2, -0.15) is 0 Å². The lowest BCUT2D eigenvalue weighted by Gasteiger charge is -2.31. The molecule has 1 fully saturated rings. The molecule has 6 nitrogen and oxygen atoms in total. The number of hydrogen-bond donors (Lipinski definition) is 1. The summed E-state index contributed by atoms with van der Waals surface area (Å²) < 4.78 is 16.0. The number of carbonyl (C=O) groups is 1. The van der Waals surface area contributed by atoms with Crippen LogP contribution in [-0.4, -0.2) is 44.3 Å². The van der Waals surface area contributed by atoms with E-state index in [0.29, 0.717) is 25.8 Å². The molecule has 1 N–H and O–H groups in total. The maximum Gasteiger partial charge on any atom is 0.234 e. The van der Waals surface area contributed by atoms with Crippen molar-refractivity contribution in [3.8, 4) is 17.2 Å². The first kappa shape index (κ1) is 18.6. The Morgan fingerprint density at radius 1 is 1.11 bits per heavy atom. The second-order valence-corrected chi connectivity index (χ2v) is 7.29. The minimum Gasteiger partial charge on any atom is -0.497 e. The molecule has 2 aliphatic rings. The Bertz CT molecular complexity index is 814. The average Bonchev–Trinajstić information content (AvgIpc) is 3.21. The molecule has 0 aromatic heterocycles. The van der Waals surface area contributed by atoms with Crippen molar-refractivity contribution in [1.82, 2.24) is 10.2 Å². The number of hydrogen-bond acceptors (Lipinski definition) is 5. The predicted octanol–water partition coefficient (Wildman–Crippen LogP) is 2.92. The second kappa shape index (κ2) is 8.52. The largest absolute Gasteiger partial charge is 0.497 e. The van der Waals surface area contributed by atoms with Crippen molar-refractivity contribution in [3.63, 3.8) is 0 Å². The van der Waals surface area contributed by atoms with Crippen LogP contribution in [0.3, 0.4) is 0 Å². The van der Waals surface area contributed by atoms with E-state index in [9.17, 15) is 4.79 Å². The van der Waals surface area contributed by atoms with E-state index in [1.807, 2.05) is 30.3 Å². The summed E-state index contributed by atoms with van der Waals surface area (Å²) in [4.78, 5) is 14.5. The number of carbonyl (C=O) groups excluding carboxylic acids is 1. The van der Waals surface area contributed by atoms with Gasteiger partial charge in [0.1, 0.15) is 5.75 Å². The quantitative estimate of drug-likeness (QED) is 0.832. The summed E-state index contributed by atoms with van der Waals surface area (Å²) in [7, 11) is 1.65. The fourth-order valence-electron chi connectivity index (χ4n) is 3.79.